The molecule has 106 valence electrons. The summed E-state index contributed by atoms with van der Waals surface area (Å²) in [7, 11) is 1.88. The van der Waals surface area contributed by atoms with Crippen LogP contribution in [-0.2, 0) is 7.05 Å². The van der Waals surface area contributed by atoms with Crippen molar-refractivity contribution in [2.75, 3.05) is 0 Å². The quantitative estimate of drug-likeness (QED) is 0.891. The van der Waals surface area contributed by atoms with E-state index in [1.165, 1.54) is 12.8 Å². The SMILES string of the molecule is Cc1nn(C)c(C)c1C(=O)N[C@@H]1CCC[C@H](C)[C@@H]1C. The van der Waals surface area contributed by atoms with Crippen LogP contribution in [0.15, 0.2) is 0 Å². The van der Waals surface area contributed by atoms with Crippen LogP contribution in [0.25, 0.3) is 0 Å². The molecule has 1 N–H and O–H groups in total. The fourth-order valence-electron chi connectivity index (χ4n) is 3.13. The van der Waals surface area contributed by atoms with Gasteiger partial charge in [0.25, 0.3) is 5.91 Å². The first kappa shape index (κ1) is 14.1. The Morgan fingerprint density at radius 2 is 2.00 bits per heavy atom. The number of nitrogens with one attached hydrogen (secondary N) is 1. The second-order valence-electron chi connectivity index (χ2n) is 6.02. The molecular formula is C15H25N3O. The smallest absolute Gasteiger partial charge is 0.255 e. The van der Waals surface area contributed by atoms with Crippen molar-refractivity contribution in [1.82, 2.24) is 15.1 Å². The summed E-state index contributed by atoms with van der Waals surface area (Å²) in [6, 6.07) is 0.301. The fraction of sp³-hybridized carbons (Fsp3) is 0.733. The first-order chi connectivity index (χ1) is 8.91. The van der Waals surface area contributed by atoms with Crippen molar-refractivity contribution in [1.29, 1.82) is 0 Å². The average molecular weight is 263 g/mol. The first-order valence-electron chi connectivity index (χ1n) is 7.23. The maximum Gasteiger partial charge on any atom is 0.255 e. The van der Waals surface area contributed by atoms with Gasteiger partial charge in [-0.25, -0.2) is 0 Å². The summed E-state index contributed by atoms with van der Waals surface area (Å²) in [6.45, 7) is 8.37. The zero-order chi connectivity index (χ0) is 14.2. The predicted molar refractivity (Wildman–Crippen MR) is 76.1 cm³/mol. The van der Waals surface area contributed by atoms with Crippen LogP contribution in [0.3, 0.4) is 0 Å². The molecule has 1 saturated carbocycles. The van der Waals surface area contributed by atoms with Crippen LogP contribution in [0.1, 0.15) is 54.9 Å². The Kier molecular flexibility index (Phi) is 3.97. The number of carbonyl (C=O) groups excluding carboxylic acids is 1. The summed E-state index contributed by atoms with van der Waals surface area (Å²) in [4.78, 5) is 12.5. The van der Waals surface area contributed by atoms with Crippen molar-refractivity contribution >= 4 is 5.91 Å². The van der Waals surface area contributed by atoms with E-state index in [1.807, 2.05) is 20.9 Å². The average Bonchev–Trinajstić information content (AvgIpc) is 2.59. The van der Waals surface area contributed by atoms with E-state index >= 15 is 0 Å². The van der Waals surface area contributed by atoms with Gasteiger partial charge in [0, 0.05) is 18.8 Å². The molecule has 4 heteroatoms. The van der Waals surface area contributed by atoms with Gasteiger partial charge in [0.2, 0.25) is 0 Å². The maximum atomic E-state index is 12.5. The largest absolute Gasteiger partial charge is 0.349 e. The molecule has 0 bridgehead atoms. The van der Waals surface area contributed by atoms with E-state index in [9.17, 15) is 4.79 Å². The monoisotopic (exact) mass is 263 g/mol. The number of carbonyl (C=O) groups is 1. The van der Waals surface area contributed by atoms with Gasteiger partial charge < -0.3 is 5.32 Å². The molecule has 0 spiro atoms. The highest BCUT2D eigenvalue weighted by Crippen LogP contribution is 2.29. The Hall–Kier alpha value is -1.32. The van der Waals surface area contributed by atoms with Crippen LogP contribution in [0.2, 0.25) is 0 Å². The number of aryl methyl sites for hydroxylation is 2. The lowest BCUT2D eigenvalue weighted by molar-refractivity contribution is 0.0889. The van der Waals surface area contributed by atoms with E-state index in [4.69, 9.17) is 0 Å². The summed E-state index contributed by atoms with van der Waals surface area (Å²) in [6.07, 6.45) is 3.58. The van der Waals surface area contributed by atoms with E-state index in [1.54, 1.807) is 4.68 Å². The third-order valence-electron chi connectivity index (χ3n) is 4.76. The summed E-state index contributed by atoms with van der Waals surface area (Å²) in [5, 5.41) is 7.53. The van der Waals surface area contributed by atoms with Gasteiger partial charge in [-0.15, -0.1) is 0 Å². The van der Waals surface area contributed by atoms with Gasteiger partial charge in [0.15, 0.2) is 0 Å². The lowest BCUT2D eigenvalue weighted by atomic mass is 9.78. The number of hydrogen-bond donors (Lipinski definition) is 1. The highest BCUT2D eigenvalue weighted by atomic mass is 16.1. The molecule has 0 radical (unpaired) electrons. The predicted octanol–water partition coefficient (Wildman–Crippen LogP) is 2.59. The molecular weight excluding hydrogens is 238 g/mol. The molecule has 0 aromatic carbocycles. The molecule has 2 rings (SSSR count). The van der Waals surface area contributed by atoms with Crippen molar-refractivity contribution in [3.05, 3.63) is 17.0 Å². The summed E-state index contributed by atoms with van der Waals surface area (Å²) >= 11 is 0. The molecule has 4 nitrogen and oxygen atoms in total. The number of aromatic nitrogens is 2. The van der Waals surface area contributed by atoms with Gasteiger partial charge in [-0.1, -0.05) is 26.7 Å². The Labute approximate surface area is 115 Å². The lowest BCUT2D eigenvalue weighted by Gasteiger charge is -2.34. The highest BCUT2D eigenvalue weighted by Gasteiger charge is 2.29. The van der Waals surface area contributed by atoms with Crippen LogP contribution in [0.5, 0.6) is 0 Å². The standard InChI is InChI=1S/C15H25N3O/c1-9-7-6-8-13(10(9)2)16-15(19)14-11(3)17-18(5)12(14)4/h9-10,13H,6-8H2,1-5H3,(H,16,19)/t9-,10-,13+/m0/s1. The fourth-order valence-corrected chi connectivity index (χ4v) is 3.13. The van der Waals surface area contributed by atoms with E-state index in [2.05, 4.69) is 24.3 Å². The maximum absolute atomic E-state index is 12.5. The van der Waals surface area contributed by atoms with Gasteiger partial charge >= 0.3 is 0 Å². The molecule has 0 unspecified atom stereocenters. The number of hydrogen-bond acceptors (Lipinski definition) is 2. The highest BCUT2D eigenvalue weighted by molar-refractivity contribution is 5.96. The van der Waals surface area contributed by atoms with Crippen molar-refractivity contribution < 1.29 is 4.79 Å². The first-order valence-corrected chi connectivity index (χ1v) is 7.23. The van der Waals surface area contributed by atoms with Crippen molar-refractivity contribution in [3.63, 3.8) is 0 Å². The van der Waals surface area contributed by atoms with E-state index < -0.39 is 0 Å². The number of amides is 1. The van der Waals surface area contributed by atoms with Gasteiger partial charge in [-0.3, -0.25) is 9.48 Å². The molecule has 1 amide bonds. The van der Waals surface area contributed by atoms with Crippen LogP contribution < -0.4 is 5.32 Å². The molecule has 3 atom stereocenters. The van der Waals surface area contributed by atoms with E-state index in [0.717, 1.165) is 23.4 Å². The van der Waals surface area contributed by atoms with Gasteiger partial charge in [-0.2, -0.15) is 5.10 Å². The van der Waals surface area contributed by atoms with E-state index in [-0.39, 0.29) is 5.91 Å². The van der Waals surface area contributed by atoms with Crippen LogP contribution in [0.4, 0.5) is 0 Å². The lowest BCUT2D eigenvalue weighted by Crippen LogP contribution is -2.44. The third kappa shape index (κ3) is 2.67. The van der Waals surface area contributed by atoms with Crippen molar-refractivity contribution in [2.45, 2.75) is 53.0 Å². The molecule has 1 fully saturated rings. The zero-order valence-corrected chi connectivity index (χ0v) is 12.7. The minimum absolute atomic E-state index is 0.0362. The molecule has 0 aliphatic heterocycles. The van der Waals surface area contributed by atoms with E-state index in [0.29, 0.717) is 17.9 Å². The normalized spacial score (nSPS) is 27.3. The molecule has 1 aromatic heterocycles. The Balaban J connectivity index is 2.12. The molecule has 1 aromatic rings. The van der Waals surface area contributed by atoms with Crippen molar-refractivity contribution in [2.24, 2.45) is 18.9 Å². The molecule has 1 aliphatic rings. The van der Waals surface area contributed by atoms with Crippen molar-refractivity contribution in [3.8, 4) is 0 Å². The second kappa shape index (κ2) is 5.35. The Morgan fingerprint density at radius 1 is 1.32 bits per heavy atom. The minimum atomic E-state index is 0.0362. The number of rotatable bonds is 2. The molecule has 1 aliphatic carbocycles. The summed E-state index contributed by atoms with van der Waals surface area (Å²) < 4.78 is 1.77. The zero-order valence-electron chi connectivity index (χ0n) is 12.7. The summed E-state index contributed by atoms with van der Waals surface area (Å²) in [5.41, 5.74) is 2.49. The molecule has 1 heterocycles. The second-order valence-corrected chi connectivity index (χ2v) is 6.02. The minimum Gasteiger partial charge on any atom is -0.349 e. The Bertz CT molecular complexity index is 478. The third-order valence-corrected chi connectivity index (χ3v) is 4.76. The van der Waals surface area contributed by atoms with Crippen LogP contribution in [0, 0.1) is 25.7 Å². The molecule has 19 heavy (non-hydrogen) atoms. The summed E-state index contributed by atoms with van der Waals surface area (Å²) in [5.74, 6) is 1.28. The van der Waals surface area contributed by atoms with Gasteiger partial charge in [0.1, 0.15) is 0 Å². The molecule has 0 saturated heterocycles. The topological polar surface area (TPSA) is 46.9 Å². The number of nitrogens with zero attached hydrogens (tertiary/aromatic N) is 2. The van der Waals surface area contributed by atoms with Gasteiger partial charge in [-0.05, 0) is 32.1 Å². The van der Waals surface area contributed by atoms with Crippen LogP contribution in [-0.4, -0.2) is 21.7 Å². The van der Waals surface area contributed by atoms with Crippen LogP contribution >= 0.6 is 0 Å². The Morgan fingerprint density at radius 3 is 2.58 bits per heavy atom. The van der Waals surface area contributed by atoms with Gasteiger partial charge in [0.05, 0.1) is 11.3 Å².